The minimum absolute atomic E-state index is 0.0408. The van der Waals surface area contributed by atoms with Gasteiger partial charge in [-0.25, -0.2) is 13.9 Å². The first-order valence-electron chi connectivity index (χ1n) is 24.6. The predicted octanol–water partition coefficient (Wildman–Crippen LogP) is -1.36. The number of hydrogen-bond donors (Lipinski definition) is 9. The van der Waals surface area contributed by atoms with Crippen molar-refractivity contribution in [3.05, 3.63) is 110 Å². The highest BCUT2D eigenvalue weighted by Crippen LogP contribution is 2.45. The molecule has 8 rings (SSSR count). The van der Waals surface area contributed by atoms with Gasteiger partial charge in [0.15, 0.2) is 0 Å². The van der Waals surface area contributed by atoms with E-state index in [0.717, 1.165) is 17.7 Å². The van der Waals surface area contributed by atoms with Gasteiger partial charge in [0.25, 0.3) is 17.4 Å². The van der Waals surface area contributed by atoms with Crippen LogP contribution in [0, 0.1) is 12.7 Å². The van der Waals surface area contributed by atoms with Gasteiger partial charge in [0, 0.05) is 42.1 Å². The molecule has 78 heavy (non-hydrogen) atoms. The first kappa shape index (κ1) is 56.1. The first-order chi connectivity index (χ1) is 37.2. The average Bonchev–Trinajstić information content (AvgIpc) is 3.96. The summed E-state index contributed by atoms with van der Waals surface area (Å²) in [6.07, 6.45) is 2.97. The van der Waals surface area contributed by atoms with Gasteiger partial charge in [-0.3, -0.25) is 62.7 Å². The summed E-state index contributed by atoms with van der Waals surface area (Å²) in [6, 6.07) is 8.21. The van der Waals surface area contributed by atoms with Gasteiger partial charge in [0.1, 0.15) is 44.6 Å². The van der Waals surface area contributed by atoms with Crippen LogP contribution in [0.4, 0.5) is 4.39 Å². The number of aromatic nitrogens is 2. The fourth-order valence-corrected chi connectivity index (χ4v) is 10.0. The molecule has 3 aliphatic heterocycles. The van der Waals surface area contributed by atoms with Crippen molar-refractivity contribution < 1.29 is 75.9 Å². The van der Waals surface area contributed by atoms with Crippen LogP contribution in [-0.4, -0.2) is 136 Å². The summed E-state index contributed by atoms with van der Waals surface area (Å²) >= 11 is 0. The van der Waals surface area contributed by atoms with Crippen LogP contribution >= 0.6 is 7.82 Å². The number of carbonyl (C=O) groups is 9. The summed E-state index contributed by atoms with van der Waals surface area (Å²) in [5, 5.41) is 17.9. The molecule has 4 atom stereocenters. The van der Waals surface area contributed by atoms with E-state index >= 15 is 4.39 Å². The molecule has 4 aliphatic rings. The van der Waals surface area contributed by atoms with E-state index in [1.165, 1.54) is 6.07 Å². The molecule has 0 radical (unpaired) electrons. The fraction of sp³-hybridized carbons (Fsp3) is 0.380. The van der Waals surface area contributed by atoms with Crippen molar-refractivity contribution in [3.8, 4) is 11.4 Å². The fourth-order valence-electron chi connectivity index (χ4n) is 9.76. The van der Waals surface area contributed by atoms with Crippen LogP contribution < -0.4 is 42.8 Å². The Bertz CT molecular complexity index is 3260. The van der Waals surface area contributed by atoms with Gasteiger partial charge < -0.3 is 55.7 Å². The van der Waals surface area contributed by atoms with Crippen LogP contribution in [0.15, 0.2) is 59.4 Å². The zero-order valence-corrected chi connectivity index (χ0v) is 42.9. The number of phosphoric ester groups is 1. The molecule has 0 spiro atoms. The Hall–Kier alpha value is -8.07. The molecule has 26 nitrogen and oxygen atoms in total. The van der Waals surface area contributed by atoms with Gasteiger partial charge in [-0.05, 0) is 60.1 Å². The highest BCUT2D eigenvalue weighted by molar-refractivity contribution is 7.46. The molecule has 0 fully saturated rings. The number of fused-ring (bicyclic) bond motifs is 5. The molecule has 2 aromatic carbocycles. The zero-order chi connectivity index (χ0) is 56.0. The third-order valence-corrected chi connectivity index (χ3v) is 14.0. The second-order valence-corrected chi connectivity index (χ2v) is 19.8. The van der Waals surface area contributed by atoms with Gasteiger partial charge in [0.2, 0.25) is 35.4 Å². The third kappa shape index (κ3) is 12.7. The van der Waals surface area contributed by atoms with Crippen molar-refractivity contribution in [1.82, 2.24) is 51.7 Å². The van der Waals surface area contributed by atoms with Crippen LogP contribution in [0.1, 0.15) is 70.7 Å². The molecule has 1 unspecified atom stereocenters. The van der Waals surface area contributed by atoms with E-state index in [2.05, 4.69) is 41.7 Å². The number of carbonyl (C=O) groups excluding carboxylic acids is 9. The highest BCUT2D eigenvalue weighted by Gasteiger charge is 2.39. The number of esters is 1. The Morgan fingerprint density at radius 1 is 0.872 bits per heavy atom. The van der Waals surface area contributed by atoms with Gasteiger partial charge in [-0.15, -0.1) is 0 Å². The number of rotatable bonds is 23. The standard InChI is InChI=1S/C50H54FN10O16P/c1-3-27-29-14-36-46-30(20-60(36)49(70)31(29)21-76-50(27)71)45-33(10-9-28-25(2)32(51)15-34(59-46)44(28)45)57-41(65)22-75-24-56-39(63)18-54-47(68)35(13-26-7-5-4-6-8-26)58-40(64)19-53-38(62)17-55-48(69)37(16-52-23-77-78(72,73)74)61-42(66)11-12-43(61)67/h4-8,11-12,14-15,27,33,35,37,52H,3,9-10,13,16-24H2,1-2H3,(H,53,62)(H,54,68)(H,55,69)(H,56,63)(H,57,65)(H,58,64)(H2,72,73,74)/t27-,33?,35+,37+/m1/s1. The van der Waals surface area contributed by atoms with Crippen molar-refractivity contribution in [2.75, 3.05) is 46.2 Å². The van der Waals surface area contributed by atoms with Gasteiger partial charge in [-0.1, -0.05) is 37.3 Å². The van der Waals surface area contributed by atoms with Gasteiger partial charge in [-0.2, -0.15) is 0 Å². The minimum atomic E-state index is -4.90. The number of phosphoric acid groups is 1. The molecule has 0 saturated heterocycles. The smallest absolute Gasteiger partial charge is 0.460 e. The number of aryl methyl sites for hydroxylation is 1. The largest absolute Gasteiger partial charge is 0.470 e. The molecule has 5 heterocycles. The van der Waals surface area contributed by atoms with E-state index in [4.69, 9.17) is 24.2 Å². The summed E-state index contributed by atoms with van der Waals surface area (Å²) in [5.41, 5.74) is 5.08. The monoisotopic (exact) mass is 1100 g/mol. The van der Waals surface area contributed by atoms with E-state index in [-0.39, 0.29) is 25.1 Å². The third-order valence-electron chi connectivity index (χ3n) is 13.5. The lowest BCUT2D eigenvalue weighted by Gasteiger charge is -2.29. The van der Waals surface area contributed by atoms with Crippen LogP contribution in [0.25, 0.3) is 22.3 Å². The molecular formula is C50H54FN10O16P. The van der Waals surface area contributed by atoms with E-state index < -0.39 is 137 Å². The summed E-state index contributed by atoms with van der Waals surface area (Å²) in [5.74, 6) is -8.04. The van der Waals surface area contributed by atoms with Crippen LogP contribution in [0.2, 0.25) is 0 Å². The van der Waals surface area contributed by atoms with Crippen molar-refractivity contribution in [3.63, 3.8) is 0 Å². The number of hydrogen-bond acceptors (Lipinski definition) is 16. The van der Waals surface area contributed by atoms with E-state index in [0.29, 0.717) is 79.8 Å². The quantitative estimate of drug-likeness (QED) is 0.0120. The number of cyclic esters (lactones) is 1. The van der Waals surface area contributed by atoms with E-state index in [9.17, 15) is 52.5 Å². The normalized spacial score (nSPS) is 16.8. The summed E-state index contributed by atoms with van der Waals surface area (Å²) in [6.45, 7) is -0.784. The second-order valence-electron chi connectivity index (χ2n) is 18.5. The average molecular weight is 1100 g/mol. The molecule has 0 saturated carbocycles. The molecular weight excluding hydrogens is 1050 g/mol. The molecule has 0 bridgehead atoms. The number of imide groups is 1. The number of pyridine rings is 2. The lowest BCUT2D eigenvalue weighted by molar-refractivity contribution is -0.148. The number of amides is 8. The Labute approximate surface area is 442 Å². The molecule has 1 aliphatic carbocycles. The van der Waals surface area contributed by atoms with Crippen LogP contribution in [0.3, 0.4) is 0 Å². The van der Waals surface area contributed by atoms with Gasteiger partial charge in [0.05, 0.1) is 60.6 Å². The highest BCUT2D eigenvalue weighted by atomic mass is 31.2. The van der Waals surface area contributed by atoms with E-state index in [1.54, 1.807) is 47.9 Å². The lowest BCUT2D eigenvalue weighted by atomic mass is 9.81. The molecule has 412 valence electrons. The van der Waals surface area contributed by atoms with E-state index in [1.807, 2.05) is 6.92 Å². The molecule has 9 N–H and O–H groups in total. The number of nitrogens with zero attached hydrogens (tertiary/aromatic N) is 3. The van der Waals surface area contributed by atoms with Crippen LogP contribution in [-0.2, 0) is 87.7 Å². The first-order valence-corrected chi connectivity index (χ1v) is 26.1. The summed E-state index contributed by atoms with van der Waals surface area (Å²) in [7, 11) is -4.90. The Morgan fingerprint density at radius 3 is 2.27 bits per heavy atom. The maximum atomic E-state index is 15.4. The zero-order valence-electron chi connectivity index (χ0n) is 42.0. The maximum Gasteiger partial charge on any atom is 0.470 e. The second kappa shape index (κ2) is 24.1. The maximum absolute atomic E-state index is 15.4. The SMILES string of the molecule is CC[C@H]1C(=O)OCc2c1cc1n(c2=O)Cc2c-1nc1cc(F)c(C)c3c1c2C(NC(=O)COCNC(=O)CNC(=O)[C@H](Cc1ccccc1)NC(=O)CNC(=O)CNC(=O)[C@H](CNCOP(=O)(O)O)N1C(=O)C=CC1=O)CC3. The van der Waals surface area contributed by atoms with Crippen LogP contribution in [0.5, 0.6) is 0 Å². The lowest BCUT2D eigenvalue weighted by Crippen LogP contribution is -2.55. The Balaban J connectivity index is 0.823. The summed E-state index contributed by atoms with van der Waals surface area (Å²) < 4.78 is 43.0. The number of halogens is 1. The number of benzene rings is 2. The van der Waals surface area contributed by atoms with Crippen molar-refractivity contribution in [2.45, 2.75) is 76.7 Å². The Morgan fingerprint density at radius 2 is 1.56 bits per heavy atom. The molecule has 8 amide bonds. The molecule has 28 heteroatoms. The Kier molecular flexibility index (Phi) is 17.3. The predicted molar refractivity (Wildman–Crippen MR) is 268 cm³/mol. The minimum Gasteiger partial charge on any atom is -0.460 e. The van der Waals surface area contributed by atoms with Crippen molar-refractivity contribution in [1.29, 1.82) is 0 Å². The number of ether oxygens (including phenoxy) is 2. The van der Waals surface area contributed by atoms with Crippen molar-refractivity contribution in [2.24, 2.45) is 0 Å². The summed E-state index contributed by atoms with van der Waals surface area (Å²) in [4.78, 5) is 153. The number of nitrogens with one attached hydrogen (secondary N) is 7. The molecule has 2 aromatic heterocycles. The van der Waals surface area contributed by atoms with Gasteiger partial charge >= 0.3 is 13.8 Å². The molecule has 4 aromatic rings. The van der Waals surface area contributed by atoms with Crippen molar-refractivity contribution >= 4 is 72.0 Å². The topological polar surface area (TPSA) is 361 Å².